The average Bonchev–Trinajstić information content (AvgIpc) is 3.19. The molecule has 0 radical (unpaired) electrons. The van der Waals surface area contributed by atoms with Crippen molar-refractivity contribution >= 4 is 46.8 Å². The number of anilines is 3. The number of benzene rings is 1. The molecule has 0 fully saturated rings. The molecule has 33 heavy (non-hydrogen) atoms. The molecular formula is C21H15Cl2F5N4O. The highest BCUT2D eigenvalue weighted by Crippen LogP contribution is 2.37. The molecule has 0 saturated carbocycles. The van der Waals surface area contributed by atoms with Crippen molar-refractivity contribution in [3.05, 3.63) is 75.7 Å². The number of pyridine rings is 2. The number of nitrogens with zero attached hydrogens (tertiary/aromatic N) is 4. The monoisotopic (exact) mass is 504 g/mol. The third-order valence-electron chi connectivity index (χ3n) is 4.69. The first kappa shape index (κ1) is 24.7. The molecule has 0 aliphatic carbocycles. The Labute approximate surface area is 195 Å². The second kappa shape index (κ2) is 9.88. The van der Waals surface area contributed by atoms with Gasteiger partial charge < -0.3 is 9.80 Å². The molecule has 0 bridgehead atoms. The third kappa shape index (κ3) is 5.69. The number of alkyl halides is 3. The van der Waals surface area contributed by atoms with Gasteiger partial charge in [0.2, 0.25) is 6.41 Å². The van der Waals surface area contributed by atoms with Gasteiger partial charge in [0.15, 0.2) is 0 Å². The van der Waals surface area contributed by atoms with E-state index in [9.17, 15) is 26.7 Å². The van der Waals surface area contributed by atoms with Crippen LogP contribution in [0.15, 0.2) is 42.7 Å². The summed E-state index contributed by atoms with van der Waals surface area (Å²) in [6.45, 7) is 0.561. The zero-order valence-corrected chi connectivity index (χ0v) is 18.4. The first-order valence-electron chi connectivity index (χ1n) is 9.29. The molecule has 5 nitrogen and oxygen atoms in total. The van der Waals surface area contributed by atoms with Gasteiger partial charge in [-0.1, -0.05) is 23.2 Å². The lowest BCUT2D eigenvalue weighted by Crippen LogP contribution is -2.16. The maximum absolute atomic E-state index is 13.0. The largest absolute Gasteiger partial charge is 0.416 e. The van der Waals surface area contributed by atoms with Crippen molar-refractivity contribution in [1.29, 1.82) is 0 Å². The number of hydrogen-bond donors (Lipinski definition) is 0. The Hall–Kier alpha value is -2.98. The molecule has 1 amide bonds. The molecule has 4 rings (SSSR count). The van der Waals surface area contributed by atoms with Crippen LogP contribution in [0.2, 0.25) is 10.2 Å². The Kier molecular flexibility index (Phi) is 7.38. The maximum atomic E-state index is 13.0. The van der Waals surface area contributed by atoms with Crippen molar-refractivity contribution in [1.82, 2.24) is 9.97 Å². The molecule has 3 aromatic rings. The van der Waals surface area contributed by atoms with Gasteiger partial charge in [0.1, 0.15) is 22.6 Å². The molecular weight excluding hydrogens is 490 g/mol. The molecule has 0 spiro atoms. The van der Waals surface area contributed by atoms with Gasteiger partial charge in [-0.25, -0.2) is 13.8 Å². The van der Waals surface area contributed by atoms with Crippen LogP contribution in [0.3, 0.4) is 0 Å². The fourth-order valence-corrected chi connectivity index (χ4v) is 3.45. The summed E-state index contributed by atoms with van der Waals surface area (Å²) in [7, 11) is 1.35. The lowest BCUT2D eigenvalue weighted by Gasteiger charge is -2.19. The molecule has 0 N–H and O–H groups in total. The highest BCUT2D eigenvalue weighted by molar-refractivity contribution is 6.31. The Morgan fingerprint density at radius 2 is 1.85 bits per heavy atom. The van der Waals surface area contributed by atoms with Crippen LogP contribution < -0.4 is 9.80 Å². The highest BCUT2D eigenvalue weighted by atomic mass is 35.5. The topological polar surface area (TPSA) is 49.3 Å². The Morgan fingerprint density at radius 3 is 2.52 bits per heavy atom. The number of carbonyl (C=O) groups is 1. The molecule has 1 aliphatic heterocycles. The molecule has 12 heteroatoms. The molecule has 1 aromatic carbocycles. The summed E-state index contributed by atoms with van der Waals surface area (Å²) in [5, 5.41) is -0.387. The molecule has 1 aliphatic rings. The van der Waals surface area contributed by atoms with Crippen molar-refractivity contribution in [2.24, 2.45) is 0 Å². The summed E-state index contributed by atoms with van der Waals surface area (Å²) in [6, 6.07) is 5.30. The number of rotatable bonds is 3. The van der Waals surface area contributed by atoms with Crippen LogP contribution in [-0.4, -0.2) is 30.0 Å². The molecule has 3 heterocycles. The predicted molar refractivity (Wildman–Crippen MR) is 115 cm³/mol. The Bertz CT molecular complexity index is 1180. The zero-order valence-electron chi connectivity index (χ0n) is 16.9. The normalized spacial score (nSPS) is 12.7. The fourth-order valence-electron chi connectivity index (χ4n) is 3.09. The number of aromatic nitrogens is 2. The summed E-state index contributed by atoms with van der Waals surface area (Å²) in [5.41, 5.74) is 0.960. The van der Waals surface area contributed by atoms with Gasteiger partial charge in [-0.2, -0.15) is 13.2 Å². The minimum absolute atomic E-state index is 0.0543. The standard InChI is InChI=1S/C13H9ClF3N3.C8H6ClF2NO/c14-11-5-9(13(15,16)17)6-12(19-11)20-4-2-8-7-18-3-1-10(8)20;1-12(4-13)8-2-5(9)6(10)3-7(8)11/h1,3,5-7H,2,4H2;2-4H,1H3. The Balaban J connectivity index is 0.000000205. The molecule has 0 atom stereocenters. The minimum Gasteiger partial charge on any atom is -0.326 e. The zero-order chi connectivity index (χ0) is 24.3. The van der Waals surface area contributed by atoms with Crippen LogP contribution >= 0.6 is 23.2 Å². The highest BCUT2D eigenvalue weighted by Gasteiger charge is 2.33. The maximum Gasteiger partial charge on any atom is 0.416 e. The predicted octanol–water partition coefficient (Wildman–Crippen LogP) is 6.05. The second-order valence-corrected chi connectivity index (χ2v) is 7.67. The van der Waals surface area contributed by atoms with Crippen LogP contribution in [0.1, 0.15) is 11.1 Å². The third-order valence-corrected chi connectivity index (χ3v) is 5.17. The van der Waals surface area contributed by atoms with Gasteiger partial charge in [0.05, 0.1) is 16.3 Å². The van der Waals surface area contributed by atoms with Crippen molar-refractivity contribution in [2.75, 3.05) is 23.4 Å². The SMILES string of the molecule is CN(C=O)c1cc(Cl)c(F)cc1F.FC(F)(F)c1cc(Cl)nc(N2CCc3cnccc32)c1. The first-order valence-corrected chi connectivity index (χ1v) is 10.0. The van der Waals surface area contributed by atoms with E-state index in [1.165, 1.54) is 7.05 Å². The van der Waals surface area contributed by atoms with Gasteiger partial charge in [-0.3, -0.25) is 9.78 Å². The molecule has 0 saturated heterocycles. The summed E-state index contributed by atoms with van der Waals surface area (Å²) in [4.78, 5) is 21.0. The number of halogens is 7. The van der Waals surface area contributed by atoms with Crippen molar-refractivity contribution in [2.45, 2.75) is 12.6 Å². The summed E-state index contributed by atoms with van der Waals surface area (Å²) >= 11 is 11.1. The van der Waals surface area contributed by atoms with Crippen molar-refractivity contribution in [3.63, 3.8) is 0 Å². The fraction of sp³-hybridized carbons (Fsp3) is 0.190. The van der Waals surface area contributed by atoms with Crippen LogP contribution in [0.25, 0.3) is 0 Å². The van der Waals surface area contributed by atoms with E-state index in [1.807, 2.05) is 0 Å². The lowest BCUT2D eigenvalue weighted by molar-refractivity contribution is -0.137. The van der Waals surface area contributed by atoms with E-state index in [0.717, 1.165) is 40.8 Å². The molecule has 174 valence electrons. The number of carbonyl (C=O) groups excluding carboxylic acids is 1. The number of fused-ring (bicyclic) bond motifs is 1. The van der Waals surface area contributed by atoms with E-state index in [2.05, 4.69) is 9.97 Å². The van der Waals surface area contributed by atoms with Crippen LogP contribution in [0, 0.1) is 11.6 Å². The second-order valence-electron chi connectivity index (χ2n) is 6.87. The molecule has 0 unspecified atom stereocenters. The van der Waals surface area contributed by atoms with E-state index in [1.54, 1.807) is 23.4 Å². The van der Waals surface area contributed by atoms with Gasteiger partial charge in [-0.05, 0) is 36.2 Å². The summed E-state index contributed by atoms with van der Waals surface area (Å²) in [5.74, 6) is -1.46. The van der Waals surface area contributed by atoms with Crippen LogP contribution in [0.5, 0.6) is 0 Å². The quantitative estimate of drug-likeness (QED) is 0.188. The van der Waals surface area contributed by atoms with Gasteiger partial charge in [0.25, 0.3) is 0 Å². The van der Waals surface area contributed by atoms with Crippen LogP contribution in [0.4, 0.5) is 39.1 Å². The van der Waals surface area contributed by atoms with E-state index in [0.29, 0.717) is 19.0 Å². The summed E-state index contributed by atoms with van der Waals surface area (Å²) in [6.07, 6.45) is 0.00438. The smallest absolute Gasteiger partial charge is 0.326 e. The van der Waals surface area contributed by atoms with Gasteiger partial charge >= 0.3 is 6.18 Å². The number of amides is 1. The van der Waals surface area contributed by atoms with Crippen molar-refractivity contribution < 1.29 is 26.7 Å². The Morgan fingerprint density at radius 1 is 1.12 bits per heavy atom. The summed E-state index contributed by atoms with van der Waals surface area (Å²) < 4.78 is 64.1. The van der Waals surface area contributed by atoms with Gasteiger partial charge in [-0.15, -0.1) is 0 Å². The van der Waals surface area contributed by atoms with E-state index < -0.39 is 23.4 Å². The minimum atomic E-state index is -4.44. The van der Waals surface area contributed by atoms with E-state index >= 15 is 0 Å². The molecule has 2 aromatic heterocycles. The van der Waals surface area contributed by atoms with E-state index in [-0.39, 0.29) is 21.7 Å². The van der Waals surface area contributed by atoms with Crippen molar-refractivity contribution in [3.8, 4) is 0 Å². The van der Waals surface area contributed by atoms with E-state index in [4.69, 9.17) is 23.2 Å². The lowest BCUT2D eigenvalue weighted by atomic mass is 10.2. The first-order chi connectivity index (χ1) is 15.5. The average molecular weight is 505 g/mol. The van der Waals surface area contributed by atoms with Gasteiger partial charge in [0, 0.05) is 37.7 Å². The number of hydrogen-bond acceptors (Lipinski definition) is 4. The van der Waals surface area contributed by atoms with Crippen LogP contribution in [-0.2, 0) is 17.4 Å².